The van der Waals surface area contributed by atoms with Crippen molar-refractivity contribution in [1.29, 1.82) is 0 Å². The third-order valence-electron chi connectivity index (χ3n) is 3.01. The van der Waals surface area contributed by atoms with E-state index in [2.05, 4.69) is 41.8 Å². The van der Waals surface area contributed by atoms with Crippen molar-refractivity contribution >= 4 is 17.2 Å². The van der Waals surface area contributed by atoms with E-state index in [9.17, 15) is 4.79 Å². The number of nitrogens with zero attached hydrogens (tertiary/aromatic N) is 1. The van der Waals surface area contributed by atoms with Gasteiger partial charge in [0.1, 0.15) is 0 Å². The van der Waals surface area contributed by atoms with Gasteiger partial charge in [-0.15, -0.1) is 11.3 Å². The van der Waals surface area contributed by atoms with Gasteiger partial charge in [0.2, 0.25) is 5.91 Å². The summed E-state index contributed by atoms with van der Waals surface area (Å²) in [7, 11) is 0. The molecule has 18 heavy (non-hydrogen) atoms. The third-order valence-corrected chi connectivity index (χ3v) is 4.33. The van der Waals surface area contributed by atoms with Crippen LogP contribution in [0.25, 0.3) is 0 Å². The first kappa shape index (κ1) is 13.5. The summed E-state index contributed by atoms with van der Waals surface area (Å²) in [5, 5.41) is 9.39. The summed E-state index contributed by atoms with van der Waals surface area (Å²) in [5.41, 5.74) is 1.13. The highest BCUT2D eigenvalue weighted by Crippen LogP contribution is 2.25. The Morgan fingerprint density at radius 2 is 2.33 bits per heavy atom. The van der Waals surface area contributed by atoms with E-state index in [-0.39, 0.29) is 17.4 Å². The van der Waals surface area contributed by atoms with E-state index < -0.39 is 0 Å². The number of nitrogens with one attached hydrogen (secondary N) is 2. The highest BCUT2D eigenvalue weighted by Gasteiger charge is 2.22. The molecule has 2 N–H and O–H groups in total. The zero-order valence-corrected chi connectivity index (χ0v) is 12.1. The lowest BCUT2D eigenvalue weighted by Gasteiger charge is -2.22. The number of hydrogen-bond donors (Lipinski definition) is 2. The first-order chi connectivity index (χ1) is 8.47. The lowest BCUT2D eigenvalue weighted by Crippen LogP contribution is -2.47. The van der Waals surface area contributed by atoms with Gasteiger partial charge >= 0.3 is 0 Å². The molecule has 1 aromatic rings. The molecule has 1 unspecified atom stereocenters. The van der Waals surface area contributed by atoms with Gasteiger partial charge < -0.3 is 10.6 Å². The minimum Gasteiger partial charge on any atom is -0.355 e. The molecule has 1 fully saturated rings. The number of aromatic nitrogens is 1. The molecule has 0 bridgehead atoms. The lowest BCUT2D eigenvalue weighted by atomic mass is 9.98. The molecule has 100 valence electrons. The Bertz CT molecular complexity index is 422. The van der Waals surface area contributed by atoms with Gasteiger partial charge in [0.05, 0.1) is 16.7 Å². The van der Waals surface area contributed by atoms with Crippen molar-refractivity contribution in [3.8, 4) is 0 Å². The van der Waals surface area contributed by atoms with Crippen molar-refractivity contribution in [1.82, 2.24) is 15.6 Å². The van der Waals surface area contributed by atoms with Gasteiger partial charge in [0.25, 0.3) is 0 Å². The minimum atomic E-state index is -0.0569. The molecule has 5 heteroatoms. The highest BCUT2D eigenvalue weighted by atomic mass is 32.1. The van der Waals surface area contributed by atoms with Crippen LogP contribution >= 0.6 is 11.3 Å². The maximum absolute atomic E-state index is 11.6. The lowest BCUT2D eigenvalue weighted by molar-refractivity contribution is -0.124. The Morgan fingerprint density at radius 1 is 1.56 bits per heavy atom. The van der Waals surface area contributed by atoms with Crippen molar-refractivity contribution < 1.29 is 4.79 Å². The molecule has 2 rings (SSSR count). The monoisotopic (exact) mass is 267 g/mol. The Balaban J connectivity index is 1.90. The fraction of sp³-hybridized carbons (Fsp3) is 0.692. The molecule has 1 aromatic heterocycles. The zero-order chi connectivity index (χ0) is 13.2. The molecule has 2 heterocycles. The predicted molar refractivity (Wildman–Crippen MR) is 73.7 cm³/mol. The molecule has 4 nitrogen and oxygen atoms in total. The maximum Gasteiger partial charge on any atom is 0.237 e. The second kappa shape index (κ2) is 5.36. The average Bonchev–Trinajstić information content (AvgIpc) is 2.76. The Morgan fingerprint density at radius 3 is 2.94 bits per heavy atom. The summed E-state index contributed by atoms with van der Waals surface area (Å²) in [6, 6.07) is -0.0569. The number of carbonyl (C=O) groups is 1. The highest BCUT2D eigenvalue weighted by molar-refractivity contribution is 7.09. The SMILES string of the molecule is CC(C)(C)c1nc(CNC2CCCNC2=O)cs1. The number of amides is 1. The van der Waals surface area contributed by atoms with Crippen molar-refractivity contribution in [2.45, 2.75) is 51.6 Å². The summed E-state index contributed by atoms with van der Waals surface area (Å²) < 4.78 is 0. The van der Waals surface area contributed by atoms with Gasteiger partial charge in [-0.2, -0.15) is 0 Å². The van der Waals surface area contributed by atoms with E-state index in [0.717, 1.165) is 30.1 Å². The maximum atomic E-state index is 11.6. The molecule has 1 aliphatic rings. The van der Waals surface area contributed by atoms with E-state index in [1.807, 2.05) is 0 Å². The zero-order valence-electron chi connectivity index (χ0n) is 11.2. The quantitative estimate of drug-likeness (QED) is 0.878. The van der Waals surface area contributed by atoms with E-state index in [4.69, 9.17) is 0 Å². The summed E-state index contributed by atoms with van der Waals surface area (Å²) >= 11 is 1.69. The Labute approximate surface area is 112 Å². The fourth-order valence-electron chi connectivity index (χ4n) is 1.93. The van der Waals surface area contributed by atoms with Crippen LogP contribution in [0.2, 0.25) is 0 Å². The van der Waals surface area contributed by atoms with Crippen LogP contribution in [0.1, 0.15) is 44.3 Å². The molecule has 1 aliphatic heterocycles. The van der Waals surface area contributed by atoms with Crippen LogP contribution in [-0.4, -0.2) is 23.5 Å². The minimum absolute atomic E-state index is 0.0569. The van der Waals surface area contributed by atoms with Crippen LogP contribution in [0.4, 0.5) is 0 Å². The molecule has 0 radical (unpaired) electrons. The van der Waals surface area contributed by atoms with E-state index in [1.54, 1.807) is 11.3 Å². The van der Waals surface area contributed by atoms with Gasteiger partial charge in [-0.1, -0.05) is 20.8 Å². The largest absolute Gasteiger partial charge is 0.355 e. The van der Waals surface area contributed by atoms with Crippen molar-refractivity contribution in [2.24, 2.45) is 0 Å². The predicted octanol–water partition coefficient (Wildman–Crippen LogP) is 1.81. The normalized spacial score (nSPS) is 20.8. The van der Waals surface area contributed by atoms with Gasteiger partial charge in [-0.25, -0.2) is 4.98 Å². The van der Waals surface area contributed by atoms with Crippen LogP contribution in [0.5, 0.6) is 0 Å². The topological polar surface area (TPSA) is 54.0 Å². The van der Waals surface area contributed by atoms with Crippen molar-refractivity contribution in [3.63, 3.8) is 0 Å². The summed E-state index contributed by atoms with van der Waals surface area (Å²) in [5.74, 6) is 0.118. The summed E-state index contributed by atoms with van der Waals surface area (Å²) in [4.78, 5) is 16.2. The van der Waals surface area contributed by atoms with E-state index in [1.165, 1.54) is 0 Å². The Hall–Kier alpha value is -0.940. The van der Waals surface area contributed by atoms with Crippen LogP contribution in [0.3, 0.4) is 0 Å². The number of carbonyl (C=O) groups excluding carboxylic acids is 1. The summed E-state index contributed by atoms with van der Waals surface area (Å²) in [6.45, 7) is 7.97. The molecule has 1 amide bonds. The van der Waals surface area contributed by atoms with Crippen molar-refractivity contribution in [2.75, 3.05) is 6.54 Å². The second-order valence-electron chi connectivity index (χ2n) is 5.76. The van der Waals surface area contributed by atoms with Crippen LogP contribution in [0.15, 0.2) is 5.38 Å². The fourth-order valence-corrected chi connectivity index (χ4v) is 2.83. The van der Waals surface area contributed by atoms with E-state index in [0.29, 0.717) is 6.54 Å². The first-order valence-corrected chi connectivity index (χ1v) is 7.31. The van der Waals surface area contributed by atoms with Gasteiger partial charge in [0.15, 0.2) is 0 Å². The standard InChI is InChI=1S/C13H21N3OS/c1-13(2,3)12-16-9(8-18-12)7-15-10-5-4-6-14-11(10)17/h8,10,15H,4-7H2,1-3H3,(H,14,17). The van der Waals surface area contributed by atoms with Crippen molar-refractivity contribution in [3.05, 3.63) is 16.1 Å². The van der Waals surface area contributed by atoms with Crippen LogP contribution < -0.4 is 10.6 Å². The van der Waals surface area contributed by atoms with Gasteiger partial charge in [0, 0.05) is 23.9 Å². The summed E-state index contributed by atoms with van der Waals surface area (Å²) in [6.07, 6.45) is 1.97. The molecule has 0 spiro atoms. The first-order valence-electron chi connectivity index (χ1n) is 6.43. The number of rotatable bonds is 3. The number of piperidine rings is 1. The molecule has 1 atom stereocenters. The van der Waals surface area contributed by atoms with Gasteiger partial charge in [-0.05, 0) is 12.8 Å². The Kier molecular flexibility index (Phi) is 4.02. The van der Waals surface area contributed by atoms with Crippen LogP contribution in [-0.2, 0) is 16.8 Å². The van der Waals surface area contributed by atoms with Crippen LogP contribution in [0, 0.1) is 0 Å². The molecule has 0 aliphatic carbocycles. The molecule has 0 saturated carbocycles. The van der Waals surface area contributed by atoms with Gasteiger partial charge in [-0.3, -0.25) is 4.79 Å². The smallest absolute Gasteiger partial charge is 0.237 e. The molecular formula is C13H21N3OS. The number of thiazole rings is 1. The van der Waals surface area contributed by atoms with E-state index >= 15 is 0 Å². The average molecular weight is 267 g/mol. The third kappa shape index (κ3) is 3.29. The second-order valence-corrected chi connectivity index (χ2v) is 6.62. The number of hydrogen-bond acceptors (Lipinski definition) is 4. The molecule has 1 saturated heterocycles. The molecule has 0 aromatic carbocycles. The molecular weight excluding hydrogens is 246 g/mol.